The van der Waals surface area contributed by atoms with Crippen LogP contribution in [0.15, 0.2) is 0 Å². The first-order valence-corrected chi connectivity index (χ1v) is 6.67. The zero-order valence-electron chi connectivity index (χ0n) is 11.2. The lowest BCUT2D eigenvalue weighted by Gasteiger charge is -2.40. The summed E-state index contributed by atoms with van der Waals surface area (Å²) in [7, 11) is 1.70. The monoisotopic (exact) mass is 260 g/mol. The van der Waals surface area contributed by atoms with Crippen LogP contribution in [0.3, 0.4) is 0 Å². The molecule has 1 N–H and O–H groups in total. The van der Waals surface area contributed by atoms with E-state index in [0.717, 1.165) is 24.7 Å². The largest absolute Gasteiger partial charge is 0.383 e. The quantitative estimate of drug-likeness (QED) is 0.773. The number of thiocarbonyl (C=S) groups is 1. The fourth-order valence-corrected chi connectivity index (χ4v) is 2.44. The number of hydrogen-bond acceptors (Lipinski definition) is 3. The predicted molar refractivity (Wildman–Crippen MR) is 73.3 cm³/mol. The van der Waals surface area contributed by atoms with E-state index in [1.54, 1.807) is 7.11 Å². The molecule has 0 radical (unpaired) electrons. The summed E-state index contributed by atoms with van der Waals surface area (Å²) in [6, 6.07) is 0.629. The van der Waals surface area contributed by atoms with Gasteiger partial charge in [-0.05, 0) is 32.5 Å². The van der Waals surface area contributed by atoms with E-state index in [4.69, 9.17) is 21.7 Å². The second-order valence-electron chi connectivity index (χ2n) is 4.66. The van der Waals surface area contributed by atoms with Crippen LogP contribution in [0, 0.1) is 0 Å². The molecule has 100 valence electrons. The zero-order chi connectivity index (χ0) is 12.8. The number of morpholine rings is 1. The van der Waals surface area contributed by atoms with E-state index < -0.39 is 0 Å². The van der Waals surface area contributed by atoms with Crippen LogP contribution >= 0.6 is 12.2 Å². The minimum absolute atomic E-state index is 0.239. The van der Waals surface area contributed by atoms with Crippen LogP contribution in [0.1, 0.15) is 27.2 Å². The average Bonchev–Trinajstić information content (AvgIpc) is 2.29. The molecule has 1 fully saturated rings. The first-order chi connectivity index (χ1) is 8.08. The Labute approximate surface area is 110 Å². The fourth-order valence-electron chi connectivity index (χ4n) is 2.02. The molecule has 0 aromatic carbocycles. The van der Waals surface area contributed by atoms with E-state index in [2.05, 4.69) is 31.0 Å². The van der Waals surface area contributed by atoms with Gasteiger partial charge in [0.1, 0.15) is 0 Å². The molecule has 1 saturated heterocycles. The molecule has 1 heterocycles. The van der Waals surface area contributed by atoms with Crippen LogP contribution in [-0.4, -0.2) is 55.1 Å². The van der Waals surface area contributed by atoms with Crippen molar-refractivity contribution in [2.75, 3.05) is 26.9 Å². The van der Waals surface area contributed by atoms with Gasteiger partial charge in [0.25, 0.3) is 0 Å². The maximum absolute atomic E-state index is 5.66. The second kappa shape index (κ2) is 7.13. The minimum Gasteiger partial charge on any atom is -0.383 e. The van der Waals surface area contributed by atoms with Gasteiger partial charge < -0.3 is 19.7 Å². The Morgan fingerprint density at radius 2 is 2.35 bits per heavy atom. The summed E-state index contributed by atoms with van der Waals surface area (Å²) in [5.74, 6) is 0. The van der Waals surface area contributed by atoms with Crippen LogP contribution in [0.25, 0.3) is 0 Å². The molecule has 3 atom stereocenters. The first-order valence-electron chi connectivity index (χ1n) is 6.26. The normalized spacial score (nSPS) is 26.7. The van der Waals surface area contributed by atoms with Crippen LogP contribution in [0.4, 0.5) is 0 Å². The molecule has 0 aliphatic carbocycles. The molecule has 1 rings (SSSR count). The molecule has 0 aromatic heterocycles. The van der Waals surface area contributed by atoms with E-state index in [9.17, 15) is 0 Å². The molecule has 3 unspecified atom stereocenters. The molecule has 0 bridgehead atoms. The van der Waals surface area contributed by atoms with Gasteiger partial charge in [-0.15, -0.1) is 0 Å². The molecule has 0 saturated carbocycles. The van der Waals surface area contributed by atoms with Gasteiger partial charge in [0.2, 0.25) is 0 Å². The Kier molecular flexibility index (Phi) is 6.16. The molecular weight excluding hydrogens is 236 g/mol. The maximum atomic E-state index is 5.66. The van der Waals surface area contributed by atoms with Gasteiger partial charge in [-0.2, -0.15) is 0 Å². The highest BCUT2D eigenvalue weighted by molar-refractivity contribution is 7.80. The molecular formula is C12H24N2O2S. The van der Waals surface area contributed by atoms with Gasteiger partial charge in [-0.25, -0.2) is 0 Å². The van der Waals surface area contributed by atoms with Gasteiger partial charge in [-0.3, -0.25) is 0 Å². The summed E-state index contributed by atoms with van der Waals surface area (Å²) in [4.78, 5) is 2.25. The maximum Gasteiger partial charge on any atom is 0.169 e. The van der Waals surface area contributed by atoms with Gasteiger partial charge in [0.15, 0.2) is 5.11 Å². The van der Waals surface area contributed by atoms with Crippen LogP contribution in [0.5, 0.6) is 0 Å². The summed E-state index contributed by atoms with van der Waals surface area (Å²) >= 11 is 5.46. The van der Waals surface area contributed by atoms with E-state index in [0.29, 0.717) is 12.6 Å². The molecule has 17 heavy (non-hydrogen) atoms. The summed E-state index contributed by atoms with van der Waals surface area (Å²) in [5, 5.41) is 4.13. The fraction of sp³-hybridized carbons (Fsp3) is 0.917. The molecule has 1 aliphatic rings. The number of nitrogens with one attached hydrogen (secondary N) is 1. The summed E-state index contributed by atoms with van der Waals surface area (Å²) in [6.07, 6.45) is 1.29. The van der Waals surface area contributed by atoms with E-state index in [1.165, 1.54) is 0 Å². The third-order valence-electron chi connectivity index (χ3n) is 2.99. The van der Waals surface area contributed by atoms with Gasteiger partial charge >= 0.3 is 0 Å². The number of ether oxygens (including phenoxy) is 2. The summed E-state index contributed by atoms with van der Waals surface area (Å²) in [6.45, 7) is 8.61. The van der Waals surface area contributed by atoms with Crippen LogP contribution in [-0.2, 0) is 9.47 Å². The van der Waals surface area contributed by atoms with Crippen molar-refractivity contribution < 1.29 is 9.47 Å². The molecule has 0 spiro atoms. The van der Waals surface area contributed by atoms with E-state index in [1.807, 2.05) is 0 Å². The van der Waals surface area contributed by atoms with Crippen molar-refractivity contribution in [1.82, 2.24) is 10.2 Å². The molecule has 5 heteroatoms. The predicted octanol–water partition coefficient (Wildman–Crippen LogP) is 1.40. The van der Waals surface area contributed by atoms with Crippen molar-refractivity contribution in [3.05, 3.63) is 0 Å². The van der Waals surface area contributed by atoms with Crippen molar-refractivity contribution in [3.63, 3.8) is 0 Å². The smallest absolute Gasteiger partial charge is 0.169 e. The van der Waals surface area contributed by atoms with Crippen molar-refractivity contribution in [1.29, 1.82) is 0 Å². The van der Waals surface area contributed by atoms with Crippen molar-refractivity contribution >= 4 is 17.3 Å². The SMILES string of the molecule is CCC1COC(C)CN1C(=S)NC(C)COC. The van der Waals surface area contributed by atoms with Crippen molar-refractivity contribution in [2.24, 2.45) is 0 Å². The highest BCUT2D eigenvalue weighted by Gasteiger charge is 2.27. The summed E-state index contributed by atoms with van der Waals surface area (Å²) < 4.78 is 10.8. The third-order valence-corrected chi connectivity index (χ3v) is 3.34. The third kappa shape index (κ3) is 4.41. The lowest BCUT2D eigenvalue weighted by Crippen LogP contribution is -2.56. The Bertz CT molecular complexity index is 251. The Morgan fingerprint density at radius 1 is 1.65 bits per heavy atom. The molecule has 4 nitrogen and oxygen atoms in total. The molecule has 1 aliphatic heterocycles. The summed E-state index contributed by atoms with van der Waals surface area (Å²) in [5.41, 5.74) is 0. The van der Waals surface area contributed by atoms with Crippen molar-refractivity contribution in [3.8, 4) is 0 Å². The number of rotatable bonds is 4. The highest BCUT2D eigenvalue weighted by Crippen LogP contribution is 2.14. The molecule has 0 amide bonds. The first kappa shape index (κ1) is 14.7. The number of methoxy groups -OCH3 is 1. The Morgan fingerprint density at radius 3 is 2.94 bits per heavy atom. The van der Waals surface area contributed by atoms with Gasteiger partial charge in [0, 0.05) is 19.7 Å². The standard InChI is InChI=1S/C12H24N2O2S/c1-5-11-8-16-10(3)6-14(11)12(17)13-9(2)7-15-4/h9-11H,5-8H2,1-4H3,(H,13,17). The van der Waals surface area contributed by atoms with Gasteiger partial charge in [0.05, 0.1) is 25.4 Å². The van der Waals surface area contributed by atoms with E-state index >= 15 is 0 Å². The lowest BCUT2D eigenvalue weighted by molar-refractivity contribution is -0.0289. The number of hydrogen-bond donors (Lipinski definition) is 1. The van der Waals surface area contributed by atoms with Crippen LogP contribution in [0.2, 0.25) is 0 Å². The Hall–Kier alpha value is -0.390. The number of nitrogens with zero attached hydrogens (tertiary/aromatic N) is 1. The lowest BCUT2D eigenvalue weighted by atomic mass is 10.1. The van der Waals surface area contributed by atoms with Crippen LogP contribution < -0.4 is 5.32 Å². The topological polar surface area (TPSA) is 33.7 Å². The zero-order valence-corrected chi connectivity index (χ0v) is 12.0. The Balaban J connectivity index is 2.52. The van der Waals surface area contributed by atoms with E-state index in [-0.39, 0.29) is 12.1 Å². The molecule has 0 aromatic rings. The highest BCUT2D eigenvalue weighted by atomic mass is 32.1. The van der Waals surface area contributed by atoms with Gasteiger partial charge in [-0.1, -0.05) is 6.92 Å². The van der Waals surface area contributed by atoms with Crippen molar-refractivity contribution in [2.45, 2.75) is 45.4 Å². The minimum atomic E-state index is 0.239. The average molecular weight is 260 g/mol. The second-order valence-corrected chi connectivity index (χ2v) is 5.05.